The average Bonchev–Trinajstić information content (AvgIpc) is 3.01. The molecule has 4 atom stereocenters. The Hall–Kier alpha value is -0.120. The summed E-state index contributed by atoms with van der Waals surface area (Å²) in [6.45, 7) is 8.92. The minimum atomic E-state index is 0.656. The molecular weight excluding hydrogens is 260 g/mol. The lowest BCUT2D eigenvalue weighted by Crippen LogP contribution is -2.47. The van der Waals surface area contributed by atoms with Crippen molar-refractivity contribution in [2.45, 2.75) is 70.9 Å². The molecule has 0 radical (unpaired) electrons. The van der Waals surface area contributed by atoms with Crippen LogP contribution >= 0.6 is 0 Å². The van der Waals surface area contributed by atoms with E-state index in [1.165, 1.54) is 58.0 Å². The van der Waals surface area contributed by atoms with Crippen molar-refractivity contribution in [2.24, 2.45) is 11.8 Å². The highest BCUT2D eigenvalue weighted by molar-refractivity contribution is 4.87. The van der Waals surface area contributed by atoms with E-state index < -0.39 is 0 Å². The molecular formula is C18H36N2O. The Kier molecular flexibility index (Phi) is 7.48. The Bertz CT molecular complexity index is 278. The summed E-state index contributed by atoms with van der Waals surface area (Å²) in [5.41, 5.74) is 0. The maximum absolute atomic E-state index is 5.56. The molecule has 3 nitrogen and oxygen atoms in total. The summed E-state index contributed by atoms with van der Waals surface area (Å²) in [6, 6.07) is 1.39. The van der Waals surface area contributed by atoms with Crippen LogP contribution < -0.4 is 5.32 Å². The van der Waals surface area contributed by atoms with E-state index in [0.29, 0.717) is 6.04 Å². The largest absolute Gasteiger partial charge is 0.380 e. The Morgan fingerprint density at radius 1 is 1.14 bits per heavy atom. The average molecular weight is 296 g/mol. The van der Waals surface area contributed by atoms with Crippen molar-refractivity contribution < 1.29 is 4.74 Å². The second kappa shape index (κ2) is 9.12. The van der Waals surface area contributed by atoms with E-state index in [-0.39, 0.29) is 0 Å². The third-order valence-electron chi connectivity index (χ3n) is 5.50. The molecule has 0 aromatic heterocycles. The van der Waals surface area contributed by atoms with E-state index in [1.54, 1.807) is 0 Å². The first kappa shape index (κ1) is 17.2. The standard InChI is InChI=1S/C18H36N2O/c1-4-6-15-7-8-18(19-10-5-2)16(12-15)13-20(3)17-9-11-21-14-17/h15-19H,4-14H2,1-3H3. The fourth-order valence-electron chi connectivity index (χ4n) is 4.22. The van der Waals surface area contributed by atoms with Crippen molar-refractivity contribution in [1.29, 1.82) is 0 Å². The normalized spacial score (nSPS) is 33.7. The van der Waals surface area contributed by atoms with Gasteiger partial charge in [0.25, 0.3) is 0 Å². The van der Waals surface area contributed by atoms with Gasteiger partial charge in [-0.25, -0.2) is 0 Å². The Morgan fingerprint density at radius 2 is 2.00 bits per heavy atom. The lowest BCUT2D eigenvalue weighted by Gasteiger charge is -2.40. The van der Waals surface area contributed by atoms with Crippen molar-refractivity contribution in [2.75, 3.05) is 33.4 Å². The minimum absolute atomic E-state index is 0.656. The summed E-state index contributed by atoms with van der Waals surface area (Å²) < 4.78 is 5.56. The van der Waals surface area contributed by atoms with Gasteiger partial charge in [-0.3, -0.25) is 0 Å². The second-order valence-corrected chi connectivity index (χ2v) is 7.25. The number of rotatable bonds is 8. The first-order chi connectivity index (χ1) is 10.2. The molecule has 4 unspecified atom stereocenters. The maximum Gasteiger partial charge on any atom is 0.0622 e. The Labute approximate surface area is 131 Å². The third-order valence-corrected chi connectivity index (χ3v) is 5.50. The van der Waals surface area contributed by atoms with E-state index in [2.05, 4.69) is 31.1 Å². The van der Waals surface area contributed by atoms with E-state index in [9.17, 15) is 0 Å². The van der Waals surface area contributed by atoms with Crippen LogP contribution in [0, 0.1) is 11.8 Å². The molecule has 1 aliphatic carbocycles. The molecule has 21 heavy (non-hydrogen) atoms. The van der Waals surface area contributed by atoms with Gasteiger partial charge in [0.15, 0.2) is 0 Å². The van der Waals surface area contributed by atoms with Crippen molar-refractivity contribution in [3.63, 3.8) is 0 Å². The van der Waals surface area contributed by atoms with Gasteiger partial charge < -0.3 is 15.0 Å². The quantitative estimate of drug-likeness (QED) is 0.744. The summed E-state index contributed by atoms with van der Waals surface area (Å²) in [5.74, 6) is 1.79. The van der Waals surface area contributed by atoms with E-state index >= 15 is 0 Å². The lowest BCUT2D eigenvalue weighted by atomic mass is 9.76. The maximum atomic E-state index is 5.56. The van der Waals surface area contributed by atoms with Crippen LogP contribution in [-0.2, 0) is 4.74 Å². The molecule has 3 heteroatoms. The highest BCUT2D eigenvalue weighted by atomic mass is 16.5. The molecule has 0 aromatic carbocycles. The minimum Gasteiger partial charge on any atom is -0.380 e. The number of ether oxygens (including phenoxy) is 1. The van der Waals surface area contributed by atoms with Crippen molar-refractivity contribution >= 4 is 0 Å². The summed E-state index contributed by atoms with van der Waals surface area (Å²) in [6.07, 6.45) is 9.46. The van der Waals surface area contributed by atoms with Crippen LogP contribution in [0.3, 0.4) is 0 Å². The van der Waals surface area contributed by atoms with Crippen LogP contribution in [0.2, 0.25) is 0 Å². The molecule has 0 spiro atoms. The number of likely N-dealkylation sites (N-methyl/N-ethyl adjacent to an activating group) is 1. The Morgan fingerprint density at radius 3 is 2.67 bits per heavy atom. The molecule has 2 fully saturated rings. The van der Waals surface area contributed by atoms with E-state index in [1.807, 2.05) is 0 Å². The van der Waals surface area contributed by atoms with Gasteiger partial charge in [0.2, 0.25) is 0 Å². The van der Waals surface area contributed by atoms with Gasteiger partial charge in [0.1, 0.15) is 0 Å². The van der Waals surface area contributed by atoms with Gasteiger partial charge in [-0.15, -0.1) is 0 Å². The fourth-order valence-corrected chi connectivity index (χ4v) is 4.22. The van der Waals surface area contributed by atoms with Gasteiger partial charge >= 0.3 is 0 Å². The number of hydrogen-bond donors (Lipinski definition) is 1. The molecule has 2 aliphatic rings. The molecule has 1 heterocycles. The smallest absolute Gasteiger partial charge is 0.0622 e. The first-order valence-electron chi connectivity index (χ1n) is 9.25. The predicted molar refractivity (Wildman–Crippen MR) is 89.7 cm³/mol. The van der Waals surface area contributed by atoms with Crippen molar-refractivity contribution in [1.82, 2.24) is 10.2 Å². The zero-order chi connectivity index (χ0) is 15.1. The van der Waals surface area contributed by atoms with Crippen LogP contribution in [0.25, 0.3) is 0 Å². The zero-order valence-corrected chi connectivity index (χ0v) is 14.4. The molecule has 0 amide bonds. The SMILES string of the molecule is CCCNC1CCC(CCC)CC1CN(C)C1CCOC1. The summed E-state index contributed by atoms with van der Waals surface area (Å²) in [5, 5.41) is 3.82. The fraction of sp³-hybridized carbons (Fsp3) is 1.00. The van der Waals surface area contributed by atoms with Gasteiger partial charge in [-0.1, -0.05) is 26.7 Å². The first-order valence-corrected chi connectivity index (χ1v) is 9.25. The molecule has 1 N–H and O–H groups in total. The van der Waals surface area contributed by atoms with Gasteiger partial charge in [-0.05, 0) is 57.5 Å². The predicted octanol–water partition coefficient (Wildman–Crippen LogP) is 3.29. The van der Waals surface area contributed by atoms with Crippen molar-refractivity contribution in [3.8, 4) is 0 Å². The van der Waals surface area contributed by atoms with E-state index in [0.717, 1.165) is 31.1 Å². The monoisotopic (exact) mass is 296 g/mol. The van der Waals surface area contributed by atoms with Crippen LogP contribution in [0.4, 0.5) is 0 Å². The molecule has 124 valence electrons. The lowest BCUT2D eigenvalue weighted by molar-refractivity contribution is 0.113. The molecule has 0 aromatic rings. The molecule has 1 saturated carbocycles. The number of hydrogen-bond acceptors (Lipinski definition) is 3. The highest BCUT2D eigenvalue weighted by Crippen LogP contribution is 2.33. The third kappa shape index (κ3) is 5.22. The molecule has 0 bridgehead atoms. The van der Waals surface area contributed by atoms with Gasteiger partial charge in [0, 0.05) is 25.2 Å². The van der Waals surface area contributed by atoms with Crippen LogP contribution in [-0.4, -0.2) is 50.3 Å². The molecule has 1 aliphatic heterocycles. The van der Waals surface area contributed by atoms with Gasteiger partial charge in [0.05, 0.1) is 6.61 Å². The number of nitrogens with one attached hydrogen (secondary N) is 1. The number of nitrogens with zero attached hydrogens (tertiary/aromatic N) is 1. The van der Waals surface area contributed by atoms with E-state index in [4.69, 9.17) is 4.74 Å². The van der Waals surface area contributed by atoms with Crippen LogP contribution in [0.15, 0.2) is 0 Å². The summed E-state index contributed by atoms with van der Waals surface area (Å²) in [4.78, 5) is 2.58. The molecule has 1 saturated heterocycles. The summed E-state index contributed by atoms with van der Waals surface area (Å²) >= 11 is 0. The van der Waals surface area contributed by atoms with Crippen molar-refractivity contribution in [3.05, 3.63) is 0 Å². The van der Waals surface area contributed by atoms with Crippen LogP contribution in [0.5, 0.6) is 0 Å². The topological polar surface area (TPSA) is 24.5 Å². The zero-order valence-electron chi connectivity index (χ0n) is 14.4. The molecule has 2 rings (SSSR count). The Balaban J connectivity index is 1.88. The van der Waals surface area contributed by atoms with Crippen LogP contribution in [0.1, 0.15) is 58.8 Å². The highest BCUT2D eigenvalue weighted by Gasteiger charge is 2.32. The second-order valence-electron chi connectivity index (χ2n) is 7.25. The van der Waals surface area contributed by atoms with Gasteiger partial charge in [-0.2, -0.15) is 0 Å². The summed E-state index contributed by atoms with van der Waals surface area (Å²) in [7, 11) is 2.31.